The summed E-state index contributed by atoms with van der Waals surface area (Å²) < 4.78 is 0. The van der Waals surface area contributed by atoms with Crippen LogP contribution in [0.5, 0.6) is 0 Å². The van der Waals surface area contributed by atoms with Gasteiger partial charge < -0.3 is 15.1 Å². The second-order valence-electron chi connectivity index (χ2n) is 10.2. The van der Waals surface area contributed by atoms with Crippen molar-refractivity contribution >= 4 is 17.6 Å². The van der Waals surface area contributed by atoms with Crippen molar-refractivity contribution in [1.82, 2.24) is 15.2 Å². The molecule has 6 nitrogen and oxygen atoms in total. The second-order valence-corrected chi connectivity index (χ2v) is 10.2. The lowest BCUT2D eigenvalue weighted by atomic mass is 9.74. The van der Waals surface area contributed by atoms with Crippen molar-refractivity contribution < 1.29 is 9.59 Å². The summed E-state index contributed by atoms with van der Waals surface area (Å²) in [6.07, 6.45) is 6.32. The number of nitrogens with zero attached hydrogens (tertiary/aromatic N) is 3. The third kappa shape index (κ3) is 4.75. The van der Waals surface area contributed by atoms with Crippen LogP contribution in [0, 0.1) is 24.2 Å². The Labute approximate surface area is 196 Å². The van der Waals surface area contributed by atoms with Crippen LogP contribution < -0.4 is 10.2 Å². The summed E-state index contributed by atoms with van der Waals surface area (Å²) in [5.74, 6) is 1.99. The molecule has 2 atom stereocenters. The molecule has 0 bridgehead atoms. The Morgan fingerprint density at radius 3 is 2.67 bits per heavy atom. The van der Waals surface area contributed by atoms with Gasteiger partial charge in [-0.3, -0.25) is 9.59 Å². The molecule has 2 aromatic rings. The van der Waals surface area contributed by atoms with Crippen LogP contribution in [0.15, 0.2) is 48.7 Å². The molecule has 33 heavy (non-hydrogen) atoms. The Morgan fingerprint density at radius 1 is 1.12 bits per heavy atom. The Hall–Kier alpha value is -2.89. The first-order chi connectivity index (χ1) is 16.0. The van der Waals surface area contributed by atoms with Crippen molar-refractivity contribution in [2.24, 2.45) is 17.3 Å². The van der Waals surface area contributed by atoms with E-state index >= 15 is 0 Å². The fourth-order valence-corrected chi connectivity index (χ4v) is 5.47. The molecule has 1 aromatic carbocycles. The largest absolute Gasteiger partial charge is 0.355 e. The maximum absolute atomic E-state index is 13.6. The SMILES string of the molecule is Cc1ccc(CC(=O)N2CCC[C@]3(C(=O)NCC4CC4)CN(c4ccccn4)C[C@@H]3C2)cc1. The van der Waals surface area contributed by atoms with Gasteiger partial charge in [-0.1, -0.05) is 35.9 Å². The molecule has 1 aliphatic carbocycles. The van der Waals surface area contributed by atoms with E-state index in [9.17, 15) is 9.59 Å². The summed E-state index contributed by atoms with van der Waals surface area (Å²) in [5.41, 5.74) is 1.78. The van der Waals surface area contributed by atoms with Gasteiger partial charge in [-0.25, -0.2) is 4.98 Å². The number of nitrogens with one attached hydrogen (secondary N) is 1. The van der Waals surface area contributed by atoms with Gasteiger partial charge in [0.15, 0.2) is 0 Å². The highest BCUT2D eigenvalue weighted by Gasteiger charge is 2.53. The highest BCUT2D eigenvalue weighted by Crippen LogP contribution is 2.44. The number of aromatic nitrogens is 1. The van der Waals surface area contributed by atoms with Crippen LogP contribution in [0.2, 0.25) is 0 Å². The number of anilines is 1. The minimum Gasteiger partial charge on any atom is -0.355 e. The zero-order valence-corrected chi connectivity index (χ0v) is 19.5. The van der Waals surface area contributed by atoms with E-state index in [1.54, 1.807) is 6.20 Å². The van der Waals surface area contributed by atoms with Crippen LogP contribution in [-0.4, -0.2) is 54.4 Å². The van der Waals surface area contributed by atoms with Crippen molar-refractivity contribution in [3.05, 3.63) is 59.8 Å². The number of aryl methyl sites for hydroxylation is 1. The zero-order chi connectivity index (χ0) is 22.8. The highest BCUT2D eigenvalue weighted by atomic mass is 16.2. The lowest BCUT2D eigenvalue weighted by Crippen LogP contribution is -2.48. The fourth-order valence-electron chi connectivity index (χ4n) is 5.47. The first kappa shape index (κ1) is 21.9. The fraction of sp³-hybridized carbons (Fsp3) is 0.519. The number of hydrogen-bond acceptors (Lipinski definition) is 4. The number of carbonyl (C=O) groups excluding carboxylic acids is 2. The smallest absolute Gasteiger partial charge is 0.228 e. The topological polar surface area (TPSA) is 65.5 Å². The van der Waals surface area contributed by atoms with Crippen molar-refractivity contribution in [1.29, 1.82) is 0 Å². The molecule has 1 aromatic heterocycles. The van der Waals surface area contributed by atoms with Gasteiger partial charge in [-0.2, -0.15) is 0 Å². The molecule has 2 amide bonds. The van der Waals surface area contributed by atoms with Crippen LogP contribution in [0.1, 0.15) is 36.8 Å². The molecular weight excluding hydrogens is 412 g/mol. The molecule has 0 radical (unpaired) electrons. The third-order valence-electron chi connectivity index (χ3n) is 7.69. The highest BCUT2D eigenvalue weighted by molar-refractivity contribution is 5.85. The predicted octanol–water partition coefficient (Wildman–Crippen LogP) is 3.20. The summed E-state index contributed by atoms with van der Waals surface area (Å²) in [6.45, 7) is 5.62. The Kier molecular flexibility index (Phi) is 6.09. The summed E-state index contributed by atoms with van der Waals surface area (Å²) in [7, 11) is 0. The van der Waals surface area contributed by atoms with E-state index in [0.717, 1.165) is 43.9 Å². The number of pyridine rings is 1. The summed E-state index contributed by atoms with van der Waals surface area (Å²) in [5, 5.41) is 3.28. The Morgan fingerprint density at radius 2 is 1.94 bits per heavy atom. The minimum absolute atomic E-state index is 0.100. The summed E-state index contributed by atoms with van der Waals surface area (Å²) in [4.78, 5) is 35.6. The molecule has 5 rings (SSSR count). The molecule has 3 aliphatic rings. The number of likely N-dealkylation sites (tertiary alicyclic amines) is 1. The van der Waals surface area contributed by atoms with E-state index < -0.39 is 5.41 Å². The van der Waals surface area contributed by atoms with Gasteiger partial charge >= 0.3 is 0 Å². The van der Waals surface area contributed by atoms with E-state index in [4.69, 9.17) is 0 Å². The molecule has 0 unspecified atom stereocenters. The third-order valence-corrected chi connectivity index (χ3v) is 7.69. The van der Waals surface area contributed by atoms with Gasteiger partial charge in [0.2, 0.25) is 11.8 Å². The normalized spacial score (nSPS) is 24.8. The summed E-state index contributed by atoms with van der Waals surface area (Å²) >= 11 is 0. The molecular formula is C27H34N4O2. The monoisotopic (exact) mass is 446 g/mol. The first-order valence-electron chi connectivity index (χ1n) is 12.3. The van der Waals surface area contributed by atoms with Crippen molar-refractivity contribution in [3.63, 3.8) is 0 Å². The van der Waals surface area contributed by atoms with Gasteiger partial charge in [-0.05, 0) is 56.2 Å². The molecule has 1 N–H and O–H groups in total. The quantitative estimate of drug-likeness (QED) is 0.740. The van der Waals surface area contributed by atoms with E-state index in [1.165, 1.54) is 18.4 Å². The van der Waals surface area contributed by atoms with Gasteiger partial charge in [0.05, 0.1) is 11.8 Å². The van der Waals surface area contributed by atoms with Gasteiger partial charge in [0.1, 0.15) is 5.82 Å². The maximum atomic E-state index is 13.6. The lowest BCUT2D eigenvalue weighted by molar-refractivity contribution is -0.135. The molecule has 3 heterocycles. The van der Waals surface area contributed by atoms with Gasteiger partial charge in [0, 0.05) is 44.8 Å². The number of benzene rings is 1. The lowest BCUT2D eigenvalue weighted by Gasteiger charge is -2.32. The van der Waals surface area contributed by atoms with Crippen LogP contribution in [0.3, 0.4) is 0 Å². The molecule has 0 spiro atoms. The molecule has 3 fully saturated rings. The number of carbonyl (C=O) groups is 2. The van der Waals surface area contributed by atoms with Crippen LogP contribution in [0.4, 0.5) is 5.82 Å². The van der Waals surface area contributed by atoms with E-state index in [2.05, 4.69) is 34.3 Å². The molecule has 1 saturated carbocycles. The van der Waals surface area contributed by atoms with E-state index in [0.29, 0.717) is 25.4 Å². The number of hydrogen-bond donors (Lipinski definition) is 1. The molecule has 6 heteroatoms. The van der Waals surface area contributed by atoms with Crippen LogP contribution in [0.25, 0.3) is 0 Å². The van der Waals surface area contributed by atoms with Crippen molar-refractivity contribution in [2.75, 3.05) is 37.6 Å². The van der Waals surface area contributed by atoms with E-state index in [-0.39, 0.29) is 17.7 Å². The second kappa shape index (κ2) is 9.16. The molecule has 174 valence electrons. The van der Waals surface area contributed by atoms with Crippen LogP contribution >= 0.6 is 0 Å². The molecule has 2 saturated heterocycles. The predicted molar refractivity (Wildman–Crippen MR) is 129 cm³/mol. The Balaban J connectivity index is 1.35. The van der Waals surface area contributed by atoms with E-state index in [1.807, 2.05) is 35.2 Å². The number of fused-ring (bicyclic) bond motifs is 1. The molecule has 2 aliphatic heterocycles. The van der Waals surface area contributed by atoms with Crippen molar-refractivity contribution in [3.8, 4) is 0 Å². The summed E-state index contributed by atoms with van der Waals surface area (Å²) in [6, 6.07) is 14.1. The van der Waals surface area contributed by atoms with Crippen LogP contribution in [-0.2, 0) is 16.0 Å². The minimum atomic E-state index is -0.467. The number of rotatable bonds is 6. The average Bonchev–Trinajstić information content (AvgIpc) is 3.62. The standard InChI is InChI=1S/C27H34N4O2/c1-20-6-8-21(9-7-20)15-25(32)30-14-4-12-27(26(33)29-16-22-10-11-22)19-31(18-23(27)17-30)24-5-2-3-13-28-24/h2-3,5-9,13,22-23H,4,10-12,14-19H2,1H3,(H,29,33)/t23-,27-/m0/s1. The van der Waals surface area contributed by atoms with Gasteiger partial charge in [0.25, 0.3) is 0 Å². The van der Waals surface area contributed by atoms with Gasteiger partial charge in [-0.15, -0.1) is 0 Å². The average molecular weight is 447 g/mol. The Bertz CT molecular complexity index is 989. The maximum Gasteiger partial charge on any atom is 0.228 e. The zero-order valence-electron chi connectivity index (χ0n) is 19.5. The first-order valence-corrected chi connectivity index (χ1v) is 12.3. The van der Waals surface area contributed by atoms with Crippen molar-refractivity contribution in [2.45, 2.75) is 39.0 Å². The number of amides is 2.